The number of rotatable bonds is 6. The van der Waals surface area contributed by atoms with Gasteiger partial charge in [0.2, 0.25) is 0 Å². The van der Waals surface area contributed by atoms with Gasteiger partial charge in [-0.15, -0.1) is 0 Å². The second-order valence-electron chi connectivity index (χ2n) is 4.97. The maximum absolute atomic E-state index is 13.1. The number of hydrogen-bond acceptors (Lipinski definition) is 3. The number of aliphatic hydroxyl groups excluding tert-OH is 1. The zero-order valence-corrected chi connectivity index (χ0v) is 12.2. The lowest BCUT2D eigenvalue weighted by atomic mass is 10.1. The molecule has 2 rings (SSSR count). The Morgan fingerprint density at radius 2 is 1.86 bits per heavy atom. The van der Waals surface area contributed by atoms with Crippen LogP contribution in [0.1, 0.15) is 30.2 Å². The summed E-state index contributed by atoms with van der Waals surface area (Å²) in [6.07, 6.45) is -0.735. The molecule has 21 heavy (non-hydrogen) atoms. The number of hydrogen-bond donors (Lipinski definition) is 2. The molecule has 3 nitrogen and oxygen atoms in total. The van der Waals surface area contributed by atoms with Crippen molar-refractivity contribution in [1.82, 2.24) is 5.32 Å². The van der Waals surface area contributed by atoms with Crippen LogP contribution in [0.4, 0.5) is 4.39 Å². The Bertz CT molecular complexity index is 571. The lowest BCUT2D eigenvalue weighted by Gasteiger charge is -2.18. The summed E-state index contributed by atoms with van der Waals surface area (Å²) in [5.74, 6) is 0.473. The molecular formula is C17H20FNO2. The first kappa shape index (κ1) is 15.5. The zero-order chi connectivity index (χ0) is 15.2. The average molecular weight is 289 g/mol. The molecule has 0 saturated heterocycles. The zero-order valence-electron chi connectivity index (χ0n) is 12.2. The standard InChI is InChI=1S/C17H20FNO2/c1-12(13-6-8-16(21-2)9-7-13)19-11-17(20)14-4-3-5-15(18)10-14/h3-10,12,17,19-20H,11H2,1-2H3/t12-,17?/m1/s1. The van der Waals surface area contributed by atoms with Crippen LogP contribution >= 0.6 is 0 Å². The normalized spacial score (nSPS) is 13.7. The van der Waals surface area contributed by atoms with Gasteiger partial charge in [-0.2, -0.15) is 0 Å². The summed E-state index contributed by atoms with van der Waals surface area (Å²) in [5, 5.41) is 13.3. The molecule has 0 aromatic heterocycles. The molecule has 4 heteroatoms. The van der Waals surface area contributed by atoms with Crippen LogP contribution in [-0.2, 0) is 0 Å². The molecule has 2 N–H and O–H groups in total. The van der Waals surface area contributed by atoms with Crippen molar-refractivity contribution in [2.45, 2.75) is 19.1 Å². The summed E-state index contributed by atoms with van der Waals surface area (Å²) < 4.78 is 18.2. The lowest BCUT2D eigenvalue weighted by molar-refractivity contribution is 0.170. The highest BCUT2D eigenvalue weighted by Crippen LogP contribution is 2.19. The van der Waals surface area contributed by atoms with Gasteiger partial charge in [-0.1, -0.05) is 24.3 Å². The summed E-state index contributed by atoms with van der Waals surface area (Å²) in [6, 6.07) is 13.9. The lowest BCUT2D eigenvalue weighted by Crippen LogP contribution is -2.24. The maximum Gasteiger partial charge on any atom is 0.123 e. The van der Waals surface area contributed by atoms with E-state index in [1.54, 1.807) is 19.2 Å². The van der Waals surface area contributed by atoms with Crippen molar-refractivity contribution in [1.29, 1.82) is 0 Å². The second kappa shape index (κ2) is 7.20. The quantitative estimate of drug-likeness (QED) is 0.858. The summed E-state index contributed by atoms with van der Waals surface area (Å²) in [5.41, 5.74) is 1.67. The molecule has 0 fully saturated rings. The van der Waals surface area contributed by atoms with Gasteiger partial charge in [0.05, 0.1) is 13.2 Å². The van der Waals surface area contributed by atoms with E-state index in [1.807, 2.05) is 31.2 Å². The molecule has 112 valence electrons. The van der Waals surface area contributed by atoms with E-state index in [2.05, 4.69) is 5.32 Å². The maximum atomic E-state index is 13.1. The minimum absolute atomic E-state index is 0.0825. The Balaban J connectivity index is 1.92. The number of methoxy groups -OCH3 is 1. The van der Waals surface area contributed by atoms with Gasteiger partial charge in [-0.3, -0.25) is 0 Å². The van der Waals surface area contributed by atoms with Crippen LogP contribution in [0.3, 0.4) is 0 Å². The van der Waals surface area contributed by atoms with E-state index in [0.717, 1.165) is 11.3 Å². The molecule has 0 bridgehead atoms. The molecular weight excluding hydrogens is 269 g/mol. The fourth-order valence-electron chi connectivity index (χ4n) is 2.13. The summed E-state index contributed by atoms with van der Waals surface area (Å²) >= 11 is 0. The minimum Gasteiger partial charge on any atom is -0.497 e. The van der Waals surface area contributed by atoms with Gasteiger partial charge >= 0.3 is 0 Å². The van der Waals surface area contributed by atoms with E-state index in [1.165, 1.54) is 12.1 Å². The fraction of sp³-hybridized carbons (Fsp3) is 0.294. The Morgan fingerprint density at radius 3 is 2.48 bits per heavy atom. The van der Waals surface area contributed by atoms with Gasteiger partial charge in [-0.05, 0) is 42.3 Å². The van der Waals surface area contributed by atoms with Crippen LogP contribution in [-0.4, -0.2) is 18.8 Å². The Hall–Kier alpha value is -1.91. The first-order chi connectivity index (χ1) is 10.1. The van der Waals surface area contributed by atoms with E-state index in [9.17, 15) is 9.50 Å². The van der Waals surface area contributed by atoms with E-state index in [0.29, 0.717) is 12.1 Å². The van der Waals surface area contributed by atoms with Crippen LogP contribution in [0, 0.1) is 5.82 Å². The molecule has 0 aliphatic heterocycles. The minimum atomic E-state index is -0.735. The average Bonchev–Trinajstić information content (AvgIpc) is 2.52. The SMILES string of the molecule is COc1ccc([C@@H](C)NCC(O)c2cccc(F)c2)cc1. The van der Waals surface area contributed by atoms with Crippen LogP contribution < -0.4 is 10.1 Å². The third-order valence-electron chi connectivity index (χ3n) is 3.47. The van der Waals surface area contributed by atoms with Gasteiger partial charge in [0.15, 0.2) is 0 Å². The third kappa shape index (κ3) is 4.28. The summed E-state index contributed by atoms with van der Waals surface area (Å²) in [4.78, 5) is 0. The van der Waals surface area contributed by atoms with E-state index < -0.39 is 6.10 Å². The van der Waals surface area contributed by atoms with Crippen LogP contribution in [0.2, 0.25) is 0 Å². The highest BCUT2D eigenvalue weighted by atomic mass is 19.1. The second-order valence-corrected chi connectivity index (χ2v) is 4.97. The molecule has 2 aromatic carbocycles. The van der Waals surface area contributed by atoms with Gasteiger partial charge < -0.3 is 15.2 Å². The van der Waals surface area contributed by atoms with E-state index >= 15 is 0 Å². The Labute approximate surface area is 124 Å². The van der Waals surface area contributed by atoms with E-state index in [-0.39, 0.29) is 11.9 Å². The summed E-state index contributed by atoms with van der Waals surface area (Å²) in [7, 11) is 1.63. The number of nitrogens with one attached hydrogen (secondary N) is 1. The first-order valence-corrected chi connectivity index (χ1v) is 6.91. The highest BCUT2D eigenvalue weighted by molar-refractivity contribution is 5.29. The van der Waals surface area contributed by atoms with Crippen molar-refractivity contribution in [3.05, 3.63) is 65.5 Å². The van der Waals surface area contributed by atoms with Gasteiger partial charge in [-0.25, -0.2) is 4.39 Å². The number of halogens is 1. The third-order valence-corrected chi connectivity index (χ3v) is 3.47. The molecule has 0 saturated carbocycles. The Kier molecular flexibility index (Phi) is 5.31. The smallest absolute Gasteiger partial charge is 0.123 e. The predicted octanol–water partition coefficient (Wildman–Crippen LogP) is 3.22. The highest BCUT2D eigenvalue weighted by Gasteiger charge is 2.11. The summed E-state index contributed by atoms with van der Waals surface area (Å²) in [6.45, 7) is 2.37. The van der Waals surface area contributed by atoms with E-state index in [4.69, 9.17) is 4.74 Å². The topological polar surface area (TPSA) is 41.5 Å². The molecule has 0 aliphatic carbocycles. The molecule has 0 heterocycles. The molecule has 0 spiro atoms. The van der Waals surface area contributed by atoms with Gasteiger partial charge in [0.25, 0.3) is 0 Å². The largest absolute Gasteiger partial charge is 0.497 e. The molecule has 0 aliphatic rings. The van der Waals surface area contributed by atoms with Crippen molar-refractivity contribution < 1.29 is 14.2 Å². The van der Waals surface area contributed by atoms with Crippen molar-refractivity contribution >= 4 is 0 Å². The van der Waals surface area contributed by atoms with Crippen molar-refractivity contribution in [2.24, 2.45) is 0 Å². The molecule has 2 atom stereocenters. The Morgan fingerprint density at radius 1 is 1.14 bits per heavy atom. The first-order valence-electron chi connectivity index (χ1n) is 6.91. The van der Waals surface area contributed by atoms with Crippen molar-refractivity contribution in [3.8, 4) is 5.75 Å². The predicted molar refractivity (Wildman–Crippen MR) is 80.8 cm³/mol. The molecule has 1 unspecified atom stereocenters. The number of benzene rings is 2. The molecule has 0 amide bonds. The number of ether oxygens (including phenoxy) is 1. The van der Waals surface area contributed by atoms with Gasteiger partial charge in [0, 0.05) is 12.6 Å². The molecule has 2 aromatic rings. The van der Waals surface area contributed by atoms with Crippen LogP contribution in [0.15, 0.2) is 48.5 Å². The van der Waals surface area contributed by atoms with Crippen molar-refractivity contribution in [3.63, 3.8) is 0 Å². The van der Waals surface area contributed by atoms with Crippen molar-refractivity contribution in [2.75, 3.05) is 13.7 Å². The van der Waals surface area contributed by atoms with Crippen LogP contribution in [0.5, 0.6) is 5.75 Å². The van der Waals surface area contributed by atoms with Gasteiger partial charge in [0.1, 0.15) is 11.6 Å². The monoisotopic (exact) mass is 289 g/mol. The van der Waals surface area contributed by atoms with Crippen LogP contribution in [0.25, 0.3) is 0 Å². The molecule has 0 radical (unpaired) electrons. The fourth-order valence-corrected chi connectivity index (χ4v) is 2.13. The number of aliphatic hydroxyl groups is 1.